The molecular formula is C16H17F3O. The molecule has 2 rings (SSSR count). The molecule has 1 unspecified atom stereocenters. The summed E-state index contributed by atoms with van der Waals surface area (Å²) in [5.41, 5.74) is -0.670. The second-order valence-electron chi connectivity index (χ2n) is 4.98. The van der Waals surface area contributed by atoms with Crippen LogP contribution >= 0.6 is 0 Å². The summed E-state index contributed by atoms with van der Waals surface area (Å²) < 4.78 is 43.3. The van der Waals surface area contributed by atoms with E-state index in [9.17, 15) is 13.2 Å². The molecule has 108 valence electrons. The van der Waals surface area contributed by atoms with Crippen LogP contribution in [-0.4, -0.2) is 6.10 Å². The van der Waals surface area contributed by atoms with Gasteiger partial charge in [-0.3, -0.25) is 0 Å². The second kappa shape index (κ2) is 5.73. The maximum absolute atomic E-state index is 12.5. The van der Waals surface area contributed by atoms with E-state index >= 15 is 0 Å². The molecule has 20 heavy (non-hydrogen) atoms. The van der Waals surface area contributed by atoms with Gasteiger partial charge in [0.05, 0.1) is 5.56 Å². The summed E-state index contributed by atoms with van der Waals surface area (Å²) >= 11 is 0. The third kappa shape index (κ3) is 3.06. The lowest BCUT2D eigenvalue weighted by Gasteiger charge is -2.23. The Kier molecular flexibility index (Phi) is 4.21. The van der Waals surface area contributed by atoms with E-state index in [0.717, 1.165) is 25.0 Å². The Morgan fingerprint density at radius 1 is 1.00 bits per heavy atom. The molecular weight excluding hydrogens is 265 g/mol. The molecule has 1 aromatic rings. The van der Waals surface area contributed by atoms with Crippen LogP contribution in [0.2, 0.25) is 0 Å². The molecule has 0 spiro atoms. The predicted octanol–water partition coefficient (Wildman–Crippen LogP) is 4.85. The van der Waals surface area contributed by atoms with Crippen molar-refractivity contribution in [3.8, 4) is 5.75 Å². The van der Waals surface area contributed by atoms with Crippen LogP contribution in [0.1, 0.15) is 18.4 Å². The molecule has 1 fully saturated rings. The van der Waals surface area contributed by atoms with Crippen LogP contribution in [0.25, 0.3) is 0 Å². The fraction of sp³-hybridized carbons (Fsp3) is 0.375. The van der Waals surface area contributed by atoms with Crippen LogP contribution in [-0.2, 0) is 6.18 Å². The Bertz CT molecular complexity index is 459. The van der Waals surface area contributed by atoms with E-state index in [-0.39, 0.29) is 17.9 Å². The molecule has 4 heteroatoms. The first-order valence-electron chi connectivity index (χ1n) is 6.54. The van der Waals surface area contributed by atoms with Crippen molar-refractivity contribution in [2.75, 3.05) is 0 Å². The first kappa shape index (κ1) is 14.7. The van der Waals surface area contributed by atoms with Gasteiger partial charge in [-0.25, -0.2) is 0 Å². The molecule has 0 N–H and O–H groups in total. The summed E-state index contributed by atoms with van der Waals surface area (Å²) in [4.78, 5) is 0. The van der Waals surface area contributed by atoms with Gasteiger partial charge in [0.15, 0.2) is 0 Å². The average molecular weight is 282 g/mol. The van der Waals surface area contributed by atoms with E-state index in [4.69, 9.17) is 4.74 Å². The van der Waals surface area contributed by atoms with E-state index in [0.29, 0.717) is 5.75 Å². The molecule has 0 radical (unpaired) electrons. The highest BCUT2D eigenvalue weighted by Gasteiger charge is 2.35. The van der Waals surface area contributed by atoms with E-state index < -0.39 is 11.7 Å². The molecule has 0 saturated heterocycles. The highest BCUT2D eigenvalue weighted by Crippen LogP contribution is 2.36. The molecule has 1 saturated carbocycles. The minimum Gasteiger partial charge on any atom is -0.489 e. The summed E-state index contributed by atoms with van der Waals surface area (Å²) in [6, 6.07) is 4.80. The van der Waals surface area contributed by atoms with Gasteiger partial charge in [-0.05, 0) is 37.1 Å². The molecule has 0 bridgehead atoms. The fourth-order valence-electron chi connectivity index (χ4n) is 2.59. The number of hydrogen-bond acceptors (Lipinski definition) is 1. The summed E-state index contributed by atoms with van der Waals surface area (Å²) in [5, 5.41) is 0. The zero-order valence-electron chi connectivity index (χ0n) is 11.1. The van der Waals surface area contributed by atoms with Crippen LogP contribution in [0, 0.1) is 11.8 Å². The van der Waals surface area contributed by atoms with Gasteiger partial charge in [-0.1, -0.05) is 12.2 Å². The average Bonchev–Trinajstić information content (AvgIpc) is 2.80. The lowest BCUT2D eigenvalue weighted by Crippen LogP contribution is -2.26. The lowest BCUT2D eigenvalue weighted by atomic mass is 10.0. The Hall–Kier alpha value is -1.71. The molecule has 0 amide bonds. The third-order valence-corrected chi connectivity index (χ3v) is 3.74. The standard InChI is InChI=1S/C16H17F3O/c1-3-11-5-6-12(4-2)15(11)20-14-9-7-13(8-10-14)16(17,18)19/h3-4,7-12,15H,1-2,5-6H2/t11-,12+,15?. The van der Waals surface area contributed by atoms with Gasteiger partial charge in [0, 0.05) is 11.8 Å². The van der Waals surface area contributed by atoms with Crippen molar-refractivity contribution in [1.82, 2.24) is 0 Å². The monoisotopic (exact) mass is 282 g/mol. The Morgan fingerprint density at radius 3 is 1.90 bits per heavy atom. The minimum atomic E-state index is -4.32. The van der Waals surface area contributed by atoms with E-state index in [1.807, 2.05) is 12.2 Å². The maximum Gasteiger partial charge on any atom is 0.416 e. The molecule has 1 aliphatic carbocycles. The van der Waals surface area contributed by atoms with Crippen LogP contribution in [0.4, 0.5) is 13.2 Å². The third-order valence-electron chi connectivity index (χ3n) is 3.74. The molecule has 1 aromatic carbocycles. The number of alkyl halides is 3. The maximum atomic E-state index is 12.5. The van der Waals surface area contributed by atoms with E-state index in [1.54, 1.807) is 0 Å². The number of hydrogen-bond donors (Lipinski definition) is 0. The number of rotatable bonds is 4. The molecule has 0 aliphatic heterocycles. The Balaban J connectivity index is 2.12. The lowest BCUT2D eigenvalue weighted by molar-refractivity contribution is -0.137. The molecule has 1 aliphatic rings. The van der Waals surface area contributed by atoms with E-state index in [2.05, 4.69) is 13.2 Å². The summed E-state index contributed by atoms with van der Waals surface area (Å²) in [6.07, 6.45) is 1.20. The zero-order chi connectivity index (χ0) is 14.8. The Morgan fingerprint density at radius 2 is 1.50 bits per heavy atom. The highest BCUT2D eigenvalue weighted by molar-refractivity contribution is 5.29. The number of halogens is 3. The van der Waals surface area contributed by atoms with Gasteiger partial charge in [-0.15, -0.1) is 13.2 Å². The van der Waals surface area contributed by atoms with Crippen molar-refractivity contribution in [2.24, 2.45) is 11.8 Å². The molecule has 0 aromatic heterocycles. The SMILES string of the molecule is C=C[C@@H]1CC[C@H](C=C)C1Oc1ccc(C(F)(F)F)cc1. The topological polar surface area (TPSA) is 9.23 Å². The van der Waals surface area contributed by atoms with Gasteiger partial charge in [0.25, 0.3) is 0 Å². The van der Waals surface area contributed by atoms with Crippen LogP contribution in [0.15, 0.2) is 49.6 Å². The summed E-state index contributed by atoms with van der Waals surface area (Å²) in [5.74, 6) is 0.865. The fourth-order valence-corrected chi connectivity index (χ4v) is 2.59. The van der Waals surface area contributed by atoms with Gasteiger partial charge < -0.3 is 4.74 Å². The van der Waals surface area contributed by atoms with Crippen molar-refractivity contribution in [1.29, 1.82) is 0 Å². The number of ether oxygens (including phenoxy) is 1. The first-order chi connectivity index (χ1) is 9.45. The highest BCUT2D eigenvalue weighted by atomic mass is 19.4. The van der Waals surface area contributed by atoms with Gasteiger partial charge in [0.2, 0.25) is 0 Å². The number of benzene rings is 1. The Labute approximate surface area is 116 Å². The van der Waals surface area contributed by atoms with Crippen LogP contribution in [0.5, 0.6) is 5.75 Å². The smallest absolute Gasteiger partial charge is 0.416 e. The predicted molar refractivity (Wildman–Crippen MR) is 72.5 cm³/mol. The van der Waals surface area contributed by atoms with E-state index in [1.165, 1.54) is 12.1 Å². The summed E-state index contributed by atoms with van der Waals surface area (Å²) in [6.45, 7) is 7.57. The zero-order valence-corrected chi connectivity index (χ0v) is 11.1. The molecule has 0 heterocycles. The van der Waals surface area contributed by atoms with Crippen LogP contribution < -0.4 is 4.74 Å². The normalized spacial score (nSPS) is 26.2. The van der Waals surface area contributed by atoms with Gasteiger partial charge in [0.1, 0.15) is 11.9 Å². The van der Waals surface area contributed by atoms with Crippen molar-refractivity contribution in [3.05, 3.63) is 55.1 Å². The summed E-state index contributed by atoms with van der Waals surface area (Å²) in [7, 11) is 0. The van der Waals surface area contributed by atoms with Crippen LogP contribution in [0.3, 0.4) is 0 Å². The van der Waals surface area contributed by atoms with Crippen molar-refractivity contribution in [3.63, 3.8) is 0 Å². The van der Waals surface area contributed by atoms with Crippen molar-refractivity contribution < 1.29 is 17.9 Å². The van der Waals surface area contributed by atoms with Gasteiger partial charge in [-0.2, -0.15) is 13.2 Å². The quantitative estimate of drug-likeness (QED) is 0.717. The second-order valence-corrected chi connectivity index (χ2v) is 4.98. The first-order valence-corrected chi connectivity index (χ1v) is 6.54. The van der Waals surface area contributed by atoms with Crippen molar-refractivity contribution >= 4 is 0 Å². The van der Waals surface area contributed by atoms with Gasteiger partial charge >= 0.3 is 6.18 Å². The van der Waals surface area contributed by atoms with Crippen molar-refractivity contribution in [2.45, 2.75) is 25.1 Å². The molecule has 1 nitrogen and oxygen atoms in total. The largest absolute Gasteiger partial charge is 0.489 e. The minimum absolute atomic E-state index is 0.0956. The molecule has 3 atom stereocenters.